The molecule has 23 heavy (non-hydrogen) atoms. The largest absolute Gasteiger partial charge is 0.490 e. The summed E-state index contributed by atoms with van der Waals surface area (Å²) in [5.74, 6) is 0.874. The molecule has 0 N–H and O–H groups in total. The predicted octanol–water partition coefficient (Wildman–Crippen LogP) is 4.16. The first-order valence-electron chi connectivity index (χ1n) is 8.08. The molecular formula is C19H22O3S. The van der Waals surface area contributed by atoms with Crippen LogP contribution in [0.3, 0.4) is 0 Å². The first-order valence-corrected chi connectivity index (χ1v) is 9.62. The van der Waals surface area contributed by atoms with Crippen LogP contribution in [0.1, 0.15) is 31.2 Å². The van der Waals surface area contributed by atoms with Crippen LogP contribution in [0.25, 0.3) is 0 Å². The van der Waals surface area contributed by atoms with Gasteiger partial charge in [-0.1, -0.05) is 30.3 Å². The number of benzene rings is 2. The van der Waals surface area contributed by atoms with Crippen molar-refractivity contribution in [2.24, 2.45) is 0 Å². The first-order chi connectivity index (χ1) is 11.1. The second-order valence-electron chi connectivity index (χ2n) is 6.19. The highest BCUT2D eigenvalue weighted by Gasteiger charge is 2.32. The lowest BCUT2D eigenvalue weighted by Gasteiger charge is -2.29. The molecule has 3 nitrogen and oxygen atoms in total. The molecule has 0 unspecified atom stereocenters. The first kappa shape index (κ1) is 16.1. The van der Waals surface area contributed by atoms with Gasteiger partial charge in [0.2, 0.25) is 0 Å². The monoisotopic (exact) mass is 330 g/mol. The van der Waals surface area contributed by atoms with Crippen molar-refractivity contribution in [3.05, 3.63) is 60.2 Å². The summed E-state index contributed by atoms with van der Waals surface area (Å²) in [5.41, 5.74) is 1.17. The van der Waals surface area contributed by atoms with Gasteiger partial charge in [0.1, 0.15) is 5.75 Å². The van der Waals surface area contributed by atoms with Crippen molar-refractivity contribution in [2.75, 3.05) is 0 Å². The van der Waals surface area contributed by atoms with Crippen molar-refractivity contribution in [1.82, 2.24) is 0 Å². The summed E-state index contributed by atoms with van der Waals surface area (Å²) >= 11 is 0. The third kappa shape index (κ3) is 3.75. The van der Waals surface area contributed by atoms with Gasteiger partial charge < -0.3 is 4.74 Å². The summed E-state index contributed by atoms with van der Waals surface area (Å²) in [6, 6.07) is 16.8. The van der Waals surface area contributed by atoms with E-state index in [2.05, 4.69) is 0 Å². The number of ether oxygens (including phenoxy) is 1. The van der Waals surface area contributed by atoms with Gasteiger partial charge in [-0.3, -0.25) is 0 Å². The van der Waals surface area contributed by atoms with Gasteiger partial charge in [0.05, 0.1) is 16.2 Å². The lowest BCUT2D eigenvalue weighted by atomic mass is 9.97. The molecule has 4 heteroatoms. The van der Waals surface area contributed by atoms with Gasteiger partial charge in [0, 0.05) is 0 Å². The summed E-state index contributed by atoms with van der Waals surface area (Å²) in [6.45, 7) is 2.04. The van der Waals surface area contributed by atoms with Crippen LogP contribution >= 0.6 is 0 Å². The van der Waals surface area contributed by atoms with Crippen LogP contribution in [0.4, 0.5) is 0 Å². The van der Waals surface area contributed by atoms with Crippen LogP contribution in [-0.2, 0) is 9.84 Å². The highest BCUT2D eigenvalue weighted by atomic mass is 32.2. The third-order valence-electron chi connectivity index (χ3n) is 4.42. The Morgan fingerprint density at radius 2 is 1.61 bits per heavy atom. The lowest BCUT2D eigenvalue weighted by Crippen LogP contribution is -2.31. The molecular weight excluding hydrogens is 308 g/mol. The van der Waals surface area contributed by atoms with Crippen molar-refractivity contribution >= 4 is 9.84 Å². The van der Waals surface area contributed by atoms with Crippen LogP contribution in [0, 0.1) is 6.92 Å². The Bertz CT molecular complexity index is 745. The molecule has 0 radical (unpaired) electrons. The van der Waals surface area contributed by atoms with Crippen LogP contribution in [0.5, 0.6) is 5.75 Å². The number of hydrogen-bond donors (Lipinski definition) is 0. The van der Waals surface area contributed by atoms with Gasteiger partial charge >= 0.3 is 0 Å². The summed E-state index contributed by atoms with van der Waals surface area (Å²) in [4.78, 5) is 0.433. The van der Waals surface area contributed by atoms with Crippen LogP contribution in [-0.4, -0.2) is 19.8 Å². The van der Waals surface area contributed by atoms with E-state index >= 15 is 0 Å². The molecule has 3 rings (SSSR count). The van der Waals surface area contributed by atoms with Crippen molar-refractivity contribution < 1.29 is 13.2 Å². The fourth-order valence-corrected chi connectivity index (χ4v) is 4.96. The van der Waals surface area contributed by atoms with E-state index in [1.807, 2.05) is 37.3 Å². The van der Waals surface area contributed by atoms with E-state index in [0.29, 0.717) is 17.7 Å². The molecule has 2 aromatic rings. The van der Waals surface area contributed by atoms with Crippen molar-refractivity contribution in [2.45, 2.75) is 48.9 Å². The Kier molecular flexibility index (Phi) is 4.71. The Balaban J connectivity index is 1.62. The molecule has 0 spiro atoms. The van der Waals surface area contributed by atoms with E-state index in [1.54, 1.807) is 24.3 Å². The third-order valence-corrected chi connectivity index (χ3v) is 6.70. The van der Waals surface area contributed by atoms with Crippen LogP contribution in [0.2, 0.25) is 0 Å². The number of aryl methyl sites for hydroxylation is 1. The molecule has 0 aliphatic heterocycles. The average Bonchev–Trinajstić information content (AvgIpc) is 2.56. The Labute approximate surface area is 138 Å². The predicted molar refractivity (Wildman–Crippen MR) is 91.5 cm³/mol. The van der Waals surface area contributed by atoms with E-state index in [1.165, 1.54) is 5.56 Å². The number of sulfone groups is 1. The maximum atomic E-state index is 12.7. The van der Waals surface area contributed by atoms with Crippen LogP contribution < -0.4 is 4.74 Å². The van der Waals surface area contributed by atoms with Crippen LogP contribution in [0.15, 0.2) is 59.5 Å². The Hall–Kier alpha value is -1.81. The molecule has 2 aromatic carbocycles. The highest BCUT2D eigenvalue weighted by Crippen LogP contribution is 2.31. The maximum Gasteiger partial charge on any atom is 0.181 e. The van der Waals surface area contributed by atoms with Gasteiger partial charge in [0.25, 0.3) is 0 Å². The molecule has 0 atom stereocenters. The number of hydrogen-bond acceptors (Lipinski definition) is 3. The minimum absolute atomic E-state index is 0.110. The van der Waals surface area contributed by atoms with Crippen molar-refractivity contribution in [1.29, 1.82) is 0 Å². The molecule has 0 heterocycles. The van der Waals surface area contributed by atoms with E-state index in [9.17, 15) is 8.42 Å². The van der Waals surface area contributed by atoms with Gasteiger partial charge in [-0.2, -0.15) is 0 Å². The van der Waals surface area contributed by atoms with E-state index in [-0.39, 0.29) is 11.4 Å². The zero-order valence-corrected chi connectivity index (χ0v) is 14.1. The summed E-state index contributed by atoms with van der Waals surface area (Å²) < 4.78 is 31.3. The minimum Gasteiger partial charge on any atom is -0.490 e. The average molecular weight is 330 g/mol. The highest BCUT2D eigenvalue weighted by molar-refractivity contribution is 7.92. The molecule has 0 aromatic heterocycles. The normalized spacial score (nSPS) is 21.8. The molecule has 0 saturated heterocycles. The molecule has 0 amide bonds. The standard InChI is InChI=1S/C19H22O3S/c1-15-6-5-7-17(14-15)22-16-10-12-19(13-11-16)23(20,21)18-8-3-2-4-9-18/h2-9,14,16,19H,10-13H2,1H3. The van der Waals surface area contributed by atoms with Gasteiger partial charge in [-0.05, 0) is 62.4 Å². The minimum atomic E-state index is -3.22. The molecule has 1 aliphatic rings. The molecule has 0 bridgehead atoms. The topological polar surface area (TPSA) is 43.4 Å². The summed E-state index contributed by atoms with van der Waals surface area (Å²) in [6.07, 6.45) is 3.00. The SMILES string of the molecule is Cc1cccc(OC2CCC(S(=O)(=O)c3ccccc3)CC2)c1. The quantitative estimate of drug-likeness (QED) is 0.845. The Morgan fingerprint density at radius 1 is 0.913 bits per heavy atom. The van der Waals surface area contributed by atoms with Gasteiger partial charge in [0.15, 0.2) is 9.84 Å². The Morgan fingerprint density at radius 3 is 2.26 bits per heavy atom. The fourth-order valence-electron chi connectivity index (χ4n) is 3.14. The molecule has 1 saturated carbocycles. The summed E-state index contributed by atoms with van der Waals surface area (Å²) in [5, 5.41) is -0.290. The maximum absolute atomic E-state index is 12.7. The zero-order chi connectivity index (χ0) is 16.3. The van der Waals surface area contributed by atoms with E-state index < -0.39 is 9.84 Å². The van der Waals surface area contributed by atoms with E-state index in [4.69, 9.17) is 4.74 Å². The lowest BCUT2D eigenvalue weighted by molar-refractivity contribution is 0.156. The van der Waals surface area contributed by atoms with Gasteiger partial charge in [-0.15, -0.1) is 0 Å². The van der Waals surface area contributed by atoms with E-state index in [0.717, 1.165) is 18.6 Å². The van der Waals surface area contributed by atoms with Crippen molar-refractivity contribution in [3.63, 3.8) is 0 Å². The zero-order valence-electron chi connectivity index (χ0n) is 13.3. The number of rotatable bonds is 4. The summed E-state index contributed by atoms with van der Waals surface area (Å²) in [7, 11) is -3.22. The smallest absolute Gasteiger partial charge is 0.181 e. The molecule has 1 fully saturated rings. The second kappa shape index (κ2) is 6.75. The van der Waals surface area contributed by atoms with Crippen molar-refractivity contribution in [3.8, 4) is 5.75 Å². The van der Waals surface area contributed by atoms with Gasteiger partial charge in [-0.25, -0.2) is 8.42 Å². The fraction of sp³-hybridized carbons (Fsp3) is 0.368. The second-order valence-corrected chi connectivity index (χ2v) is 8.42. The molecule has 1 aliphatic carbocycles. The molecule has 122 valence electrons.